The summed E-state index contributed by atoms with van der Waals surface area (Å²) in [7, 11) is 1.52. The summed E-state index contributed by atoms with van der Waals surface area (Å²) in [5, 5.41) is 14.2. The number of methoxy groups -OCH3 is 1. The number of alkyl halides is 3. The smallest absolute Gasteiger partial charge is 0.418 e. The lowest BCUT2D eigenvalue weighted by Crippen LogP contribution is -2.12. The van der Waals surface area contributed by atoms with Crippen LogP contribution in [-0.2, 0) is 6.18 Å². The molecule has 4 aromatic rings. The predicted molar refractivity (Wildman–Crippen MR) is 108 cm³/mol. The average molecular weight is 427 g/mol. The minimum Gasteiger partial charge on any atom is -0.497 e. The topological polar surface area (TPSA) is 77.2 Å². The molecule has 0 saturated heterocycles. The van der Waals surface area contributed by atoms with Crippen LogP contribution in [0, 0.1) is 6.92 Å². The Morgan fingerprint density at radius 1 is 1.10 bits per heavy atom. The van der Waals surface area contributed by atoms with Gasteiger partial charge in [-0.05, 0) is 49.4 Å². The van der Waals surface area contributed by atoms with Crippen LogP contribution < -0.4 is 4.74 Å². The molecule has 158 valence electrons. The molecular formula is C22H16F3N3O3. The molecule has 0 bridgehead atoms. The first-order valence-corrected chi connectivity index (χ1v) is 9.15. The lowest BCUT2D eigenvalue weighted by molar-refractivity contribution is -0.137. The van der Waals surface area contributed by atoms with Gasteiger partial charge in [-0.15, -0.1) is 0 Å². The first-order chi connectivity index (χ1) is 14.7. The Balaban J connectivity index is 2.03. The SMILES string of the molecule is COc1ccc(-c2cc(C(=O)O)c3c(C)nn(-c4ccccc4C(F)(F)F)c3n2)cc1. The highest BCUT2D eigenvalue weighted by Crippen LogP contribution is 2.36. The van der Waals surface area contributed by atoms with Gasteiger partial charge in [0.25, 0.3) is 0 Å². The fourth-order valence-corrected chi connectivity index (χ4v) is 3.43. The number of fused-ring (bicyclic) bond motifs is 1. The second-order valence-corrected chi connectivity index (χ2v) is 6.80. The van der Waals surface area contributed by atoms with Crippen molar-refractivity contribution in [3.05, 3.63) is 71.4 Å². The molecule has 1 N–H and O–H groups in total. The van der Waals surface area contributed by atoms with Crippen LogP contribution >= 0.6 is 0 Å². The van der Waals surface area contributed by atoms with Gasteiger partial charge in [0.1, 0.15) is 5.75 Å². The van der Waals surface area contributed by atoms with E-state index in [1.165, 1.54) is 38.3 Å². The van der Waals surface area contributed by atoms with E-state index in [1.54, 1.807) is 24.3 Å². The van der Waals surface area contributed by atoms with Crippen LogP contribution in [-0.4, -0.2) is 33.0 Å². The molecule has 6 nitrogen and oxygen atoms in total. The number of nitrogens with zero attached hydrogens (tertiary/aromatic N) is 3. The monoisotopic (exact) mass is 427 g/mol. The number of hydrogen-bond acceptors (Lipinski definition) is 4. The number of carboxylic acid groups (broad SMARTS) is 1. The van der Waals surface area contributed by atoms with E-state index in [0.717, 1.165) is 10.7 Å². The van der Waals surface area contributed by atoms with E-state index in [9.17, 15) is 23.1 Å². The van der Waals surface area contributed by atoms with Gasteiger partial charge in [-0.2, -0.15) is 18.3 Å². The maximum atomic E-state index is 13.6. The number of para-hydroxylation sites is 1. The molecule has 0 radical (unpaired) electrons. The second-order valence-electron chi connectivity index (χ2n) is 6.80. The Morgan fingerprint density at radius 2 is 1.77 bits per heavy atom. The third kappa shape index (κ3) is 3.58. The Morgan fingerprint density at radius 3 is 2.39 bits per heavy atom. The van der Waals surface area contributed by atoms with Crippen molar-refractivity contribution < 1.29 is 27.8 Å². The Kier molecular flexibility index (Phi) is 4.88. The van der Waals surface area contributed by atoms with Gasteiger partial charge in [-0.3, -0.25) is 0 Å². The summed E-state index contributed by atoms with van der Waals surface area (Å²) in [5.74, 6) is -0.628. The lowest BCUT2D eigenvalue weighted by atomic mass is 10.1. The first kappa shape index (κ1) is 20.4. The molecule has 0 unspecified atom stereocenters. The number of aromatic nitrogens is 3. The Labute approximate surface area is 174 Å². The second kappa shape index (κ2) is 7.42. The normalized spacial score (nSPS) is 11.6. The zero-order valence-electron chi connectivity index (χ0n) is 16.4. The standard InChI is InChI=1S/C22H16F3N3O3/c1-12-19-15(21(29)30)11-17(13-7-9-14(31-2)10-8-13)26-20(19)28(27-12)18-6-4-3-5-16(18)22(23,24)25/h3-11H,1-2H3,(H,29,30). The van der Waals surface area contributed by atoms with Crippen LogP contribution in [0.3, 0.4) is 0 Å². The van der Waals surface area contributed by atoms with Gasteiger partial charge in [0.2, 0.25) is 0 Å². The number of aryl methyl sites for hydroxylation is 1. The quantitative estimate of drug-likeness (QED) is 0.489. The zero-order valence-corrected chi connectivity index (χ0v) is 16.4. The molecule has 0 aliphatic rings. The molecule has 31 heavy (non-hydrogen) atoms. The summed E-state index contributed by atoms with van der Waals surface area (Å²) in [6.45, 7) is 1.54. The van der Waals surface area contributed by atoms with Gasteiger partial charge in [-0.1, -0.05) is 12.1 Å². The molecule has 0 aliphatic heterocycles. The van der Waals surface area contributed by atoms with Crippen molar-refractivity contribution >= 4 is 17.0 Å². The summed E-state index contributed by atoms with van der Waals surface area (Å²) in [5.41, 5.74) is -0.0585. The highest BCUT2D eigenvalue weighted by Gasteiger charge is 2.34. The van der Waals surface area contributed by atoms with Crippen LogP contribution in [0.4, 0.5) is 13.2 Å². The van der Waals surface area contributed by atoms with Crippen molar-refractivity contribution in [2.24, 2.45) is 0 Å². The van der Waals surface area contributed by atoms with Gasteiger partial charge in [0, 0.05) is 5.56 Å². The summed E-state index contributed by atoms with van der Waals surface area (Å²) < 4.78 is 47.0. The van der Waals surface area contributed by atoms with E-state index >= 15 is 0 Å². The molecule has 0 saturated carbocycles. The number of benzene rings is 2. The minimum atomic E-state index is -4.62. The molecule has 4 rings (SSSR count). The maximum absolute atomic E-state index is 13.6. The van der Waals surface area contributed by atoms with Crippen LogP contribution in [0.15, 0.2) is 54.6 Å². The predicted octanol–water partition coefficient (Wildman–Crippen LogP) is 5.12. The molecule has 0 fully saturated rings. The molecule has 2 aromatic heterocycles. The van der Waals surface area contributed by atoms with Crippen molar-refractivity contribution in [3.8, 4) is 22.7 Å². The molecule has 0 atom stereocenters. The van der Waals surface area contributed by atoms with Crippen molar-refractivity contribution in [2.45, 2.75) is 13.1 Å². The average Bonchev–Trinajstić information content (AvgIpc) is 3.09. The molecular weight excluding hydrogens is 411 g/mol. The largest absolute Gasteiger partial charge is 0.497 e. The molecule has 0 aliphatic carbocycles. The van der Waals surface area contributed by atoms with Gasteiger partial charge < -0.3 is 9.84 Å². The van der Waals surface area contributed by atoms with Gasteiger partial charge >= 0.3 is 12.1 Å². The fraction of sp³-hybridized carbons (Fsp3) is 0.136. The van der Waals surface area contributed by atoms with Crippen molar-refractivity contribution in [1.29, 1.82) is 0 Å². The summed E-state index contributed by atoms with van der Waals surface area (Å²) in [4.78, 5) is 16.5. The molecule has 0 spiro atoms. The van der Waals surface area contributed by atoms with Crippen LogP contribution in [0.5, 0.6) is 5.75 Å². The van der Waals surface area contributed by atoms with Crippen LogP contribution in [0.25, 0.3) is 28.0 Å². The van der Waals surface area contributed by atoms with Crippen molar-refractivity contribution in [1.82, 2.24) is 14.8 Å². The van der Waals surface area contributed by atoms with E-state index in [2.05, 4.69) is 10.1 Å². The van der Waals surface area contributed by atoms with E-state index in [-0.39, 0.29) is 33.7 Å². The van der Waals surface area contributed by atoms with Crippen LogP contribution in [0.2, 0.25) is 0 Å². The Hall–Kier alpha value is -3.88. The molecule has 0 amide bonds. The summed E-state index contributed by atoms with van der Waals surface area (Å²) in [6.07, 6.45) is -4.62. The minimum absolute atomic E-state index is 0.0277. The number of halogens is 3. The number of rotatable bonds is 4. The third-order valence-corrected chi connectivity index (χ3v) is 4.87. The summed E-state index contributed by atoms with van der Waals surface area (Å²) in [6, 6.07) is 13.1. The third-order valence-electron chi connectivity index (χ3n) is 4.87. The van der Waals surface area contributed by atoms with Gasteiger partial charge in [-0.25, -0.2) is 14.5 Å². The number of aromatic carboxylic acids is 1. The van der Waals surface area contributed by atoms with E-state index < -0.39 is 17.7 Å². The highest BCUT2D eigenvalue weighted by atomic mass is 19.4. The molecule has 2 heterocycles. The van der Waals surface area contributed by atoms with E-state index in [0.29, 0.717) is 11.3 Å². The van der Waals surface area contributed by atoms with E-state index in [1.807, 2.05) is 0 Å². The number of carbonyl (C=O) groups is 1. The fourth-order valence-electron chi connectivity index (χ4n) is 3.43. The Bertz CT molecular complexity index is 1300. The lowest BCUT2D eigenvalue weighted by Gasteiger charge is -2.13. The number of carboxylic acids is 1. The number of hydrogen-bond donors (Lipinski definition) is 1. The van der Waals surface area contributed by atoms with Gasteiger partial charge in [0.15, 0.2) is 5.65 Å². The highest BCUT2D eigenvalue weighted by molar-refractivity contribution is 6.04. The van der Waals surface area contributed by atoms with E-state index in [4.69, 9.17) is 4.74 Å². The molecule has 2 aromatic carbocycles. The van der Waals surface area contributed by atoms with Gasteiger partial charge in [0.05, 0.1) is 40.7 Å². The zero-order chi connectivity index (χ0) is 22.3. The maximum Gasteiger partial charge on any atom is 0.418 e. The number of pyridine rings is 1. The van der Waals surface area contributed by atoms with Crippen molar-refractivity contribution in [3.63, 3.8) is 0 Å². The first-order valence-electron chi connectivity index (χ1n) is 9.15. The van der Waals surface area contributed by atoms with Crippen molar-refractivity contribution in [2.75, 3.05) is 7.11 Å². The van der Waals surface area contributed by atoms with Crippen LogP contribution in [0.1, 0.15) is 21.6 Å². The summed E-state index contributed by atoms with van der Waals surface area (Å²) >= 11 is 0. The number of ether oxygens (including phenoxy) is 1. The molecule has 9 heteroatoms.